The predicted octanol–water partition coefficient (Wildman–Crippen LogP) is 1.79. The predicted molar refractivity (Wildman–Crippen MR) is 75.5 cm³/mol. The van der Waals surface area contributed by atoms with Crippen molar-refractivity contribution in [2.24, 2.45) is 0 Å². The molecule has 8 heteroatoms. The lowest BCUT2D eigenvalue weighted by molar-refractivity contribution is 0.423. The van der Waals surface area contributed by atoms with Crippen LogP contribution in [-0.2, 0) is 10.0 Å². The van der Waals surface area contributed by atoms with Gasteiger partial charge in [0, 0.05) is 22.4 Å². The highest BCUT2D eigenvalue weighted by Gasteiger charge is 2.12. The molecule has 0 atom stereocenters. The van der Waals surface area contributed by atoms with E-state index in [1.54, 1.807) is 6.07 Å². The number of hydrogen-bond acceptors (Lipinski definition) is 6. The van der Waals surface area contributed by atoms with Gasteiger partial charge in [-0.2, -0.15) is 0 Å². The molecule has 1 aromatic heterocycles. The van der Waals surface area contributed by atoms with Gasteiger partial charge < -0.3 is 10.3 Å². The quantitative estimate of drug-likeness (QED) is 0.623. The molecule has 2 rings (SSSR count). The first-order valence-electron chi connectivity index (χ1n) is 5.44. The standard InChI is InChI=1S/C11H13N3O3S2/c12-9-2-1-3-10(8-9)18-6-7-19(15,16)14-11-4-5-17-13-11/h1-5,8H,6-7,12H2,(H,13,14). The Balaban J connectivity index is 1.85. The number of hydrogen-bond donors (Lipinski definition) is 2. The number of nitrogens with zero attached hydrogens (tertiary/aromatic N) is 1. The maximum absolute atomic E-state index is 11.7. The number of thioether (sulfide) groups is 1. The summed E-state index contributed by atoms with van der Waals surface area (Å²) in [6, 6.07) is 8.76. The van der Waals surface area contributed by atoms with E-state index in [0.29, 0.717) is 11.4 Å². The van der Waals surface area contributed by atoms with Gasteiger partial charge in [0.2, 0.25) is 10.0 Å². The van der Waals surface area contributed by atoms with E-state index in [-0.39, 0.29) is 11.6 Å². The Morgan fingerprint density at radius 1 is 1.37 bits per heavy atom. The first-order chi connectivity index (χ1) is 9.05. The number of nitrogens with one attached hydrogen (secondary N) is 1. The third-order valence-electron chi connectivity index (χ3n) is 2.18. The number of anilines is 2. The van der Waals surface area contributed by atoms with Crippen LogP contribution in [0.5, 0.6) is 0 Å². The van der Waals surface area contributed by atoms with E-state index in [9.17, 15) is 8.42 Å². The van der Waals surface area contributed by atoms with E-state index in [1.807, 2.05) is 18.2 Å². The summed E-state index contributed by atoms with van der Waals surface area (Å²) in [4.78, 5) is 0.941. The number of benzene rings is 1. The van der Waals surface area contributed by atoms with Crippen molar-refractivity contribution in [3.05, 3.63) is 36.6 Å². The summed E-state index contributed by atoms with van der Waals surface area (Å²) in [5.41, 5.74) is 6.30. The fourth-order valence-electron chi connectivity index (χ4n) is 1.35. The minimum absolute atomic E-state index is 0.0146. The van der Waals surface area contributed by atoms with Crippen molar-refractivity contribution >= 4 is 33.3 Å². The van der Waals surface area contributed by atoms with Crippen LogP contribution in [0.25, 0.3) is 0 Å². The van der Waals surface area contributed by atoms with Crippen molar-refractivity contribution in [2.45, 2.75) is 4.90 Å². The fraction of sp³-hybridized carbons (Fsp3) is 0.182. The van der Waals surface area contributed by atoms with Crippen molar-refractivity contribution < 1.29 is 12.9 Å². The van der Waals surface area contributed by atoms with Gasteiger partial charge >= 0.3 is 0 Å². The first-order valence-corrected chi connectivity index (χ1v) is 8.08. The average molecular weight is 299 g/mol. The van der Waals surface area contributed by atoms with Gasteiger partial charge in [-0.15, -0.1) is 11.8 Å². The van der Waals surface area contributed by atoms with Crippen LogP contribution < -0.4 is 10.5 Å². The van der Waals surface area contributed by atoms with Crippen LogP contribution in [0.4, 0.5) is 11.5 Å². The van der Waals surface area contributed by atoms with Crippen molar-refractivity contribution in [3.63, 3.8) is 0 Å². The molecule has 1 heterocycles. The highest BCUT2D eigenvalue weighted by Crippen LogP contribution is 2.20. The van der Waals surface area contributed by atoms with Gasteiger partial charge in [0.05, 0.1) is 5.75 Å². The molecule has 0 aliphatic heterocycles. The van der Waals surface area contributed by atoms with Gasteiger partial charge in [0.25, 0.3) is 0 Å². The molecule has 102 valence electrons. The second-order valence-corrected chi connectivity index (χ2v) is 6.74. The largest absolute Gasteiger partial charge is 0.399 e. The van der Waals surface area contributed by atoms with Crippen LogP contribution in [0.1, 0.15) is 0 Å². The summed E-state index contributed by atoms with van der Waals surface area (Å²) >= 11 is 1.43. The van der Waals surface area contributed by atoms with Crippen LogP contribution in [0.15, 0.2) is 46.0 Å². The Morgan fingerprint density at radius 2 is 2.21 bits per heavy atom. The molecule has 0 amide bonds. The lowest BCUT2D eigenvalue weighted by Crippen LogP contribution is -2.18. The molecule has 0 unspecified atom stereocenters. The third kappa shape index (κ3) is 4.49. The lowest BCUT2D eigenvalue weighted by Gasteiger charge is -2.05. The number of aromatic nitrogens is 1. The smallest absolute Gasteiger partial charge is 0.234 e. The second kappa shape index (κ2) is 5.98. The van der Waals surface area contributed by atoms with Crippen molar-refractivity contribution in [1.82, 2.24) is 5.16 Å². The van der Waals surface area contributed by atoms with E-state index >= 15 is 0 Å². The SMILES string of the molecule is Nc1cccc(SCCS(=O)(=O)Nc2ccon2)c1. The average Bonchev–Trinajstić information content (AvgIpc) is 2.80. The normalized spacial score (nSPS) is 11.4. The molecule has 0 fully saturated rings. The van der Waals surface area contributed by atoms with Gasteiger partial charge in [-0.1, -0.05) is 11.2 Å². The molecular formula is C11H13N3O3S2. The van der Waals surface area contributed by atoms with Crippen molar-refractivity contribution in [1.29, 1.82) is 0 Å². The van der Waals surface area contributed by atoms with Gasteiger partial charge in [-0.3, -0.25) is 4.72 Å². The maximum Gasteiger partial charge on any atom is 0.234 e. The maximum atomic E-state index is 11.7. The van der Waals surface area contributed by atoms with Gasteiger partial charge in [0.1, 0.15) is 6.26 Å². The monoisotopic (exact) mass is 299 g/mol. The molecule has 1 aromatic carbocycles. The molecule has 0 aliphatic rings. The van der Waals surface area contributed by atoms with Crippen LogP contribution in [0, 0.1) is 0 Å². The summed E-state index contributed by atoms with van der Waals surface area (Å²) in [6.45, 7) is 0. The van der Waals surface area contributed by atoms with Crippen molar-refractivity contribution in [2.75, 3.05) is 22.0 Å². The minimum Gasteiger partial charge on any atom is -0.399 e. The molecule has 0 saturated heterocycles. The van der Waals surface area contributed by atoms with Crippen LogP contribution >= 0.6 is 11.8 Å². The first kappa shape index (κ1) is 13.8. The molecule has 0 saturated carbocycles. The molecule has 19 heavy (non-hydrogen) atoms. The molecule has 0 aliphatic carbocycles. The molecule has 0 spiro atoms. The summed E-state index contributed by atoms with van der Waals surface area (Å²) in [6.07, 6.45) is 1.30. The zero-order chi connectivity index (χ0) is 13.7. The Morgan fingerprint density at radius 3 is 2.89 bits per heavy atom. The third-order valence-corrected chi connectivity index (χ3v) is 4.69. The Hall–Kier alpha value is -1.67. The molecule has 3 N–H and O–H groups in total. The number of sulfonamides is 1. The van der Waals surface area contributed by atoms with Crippen LogP contribution in [-0.4, -0.2) is 25.1 Å². The van der Waals surface area contributed by atoms with E-state index in [0.717, 1.165) is 4.90 Å². The van der Waals surface area contributed by atoms with E-state index in [4.69, 9.17) is 5.73 Å². The van der Waals surface area contributed by atoms with E-state index in [1.165, 1.54) is 24.1 Å². The fourth-order valence-corrected chi connectivity index (χ4v) is 3.72. The molecule has 2 aromatic rings. The second-order valence-electron chi connectivity index (χ2n) is 3.73. The summed E-state index contributed by atoms with van der Waals surface area (Å²) < 4.78 is 30.3. The molecule has 0 bridgehead atoms. The Labute approximate surface area is 115 Å². The zero-order valence-electron chi connectivity index (χ0n) is 9.94. The van der Waals surface area contributed by atoms with E-state index < -0.39 is 10.0 Å². The highest BCUT2D eigenvalue weighted by molar-refractivity contribution is 8.01. The van der Waals surface area contributed by atoms with Crippen molar-refractivity contribution in [3.8, 4) is 0 Å². The Bertz CT molecular complexity index is 626. The van der Waals surface area contributed by atoms with Crippen LogP contribution in [0.2, 0.25) is 0 Å². The zero-order valence-corrected chi connectivity index (χ0v) is 11.6. The minimum atomic E-state index is -3.41. The van der Waals surface area contributed by atoms with Gasteiger partial charge in [-0.05, 0) is 18.2 Å². The number of nitrogens with two attached hydrogens (primary N) is 1. The molecule has 0 radical (unpaired) electrons. The van der Waals surface area contributed by atoms with Gasteiger partial charge in [0.15, 0.2) is 5.82 Å². The molecule has 6 nitrogen and oxygen atoms in total. The topological polar surface area (TPSA) is 98.2 Å². The summed E-state index contributed by atoms with van der Waals surface area (Å²) in [7, 11) is -3.41. The van der Waals surface area contributed by atoms with E-state index in [2.05, 4.69) is 14.4 Å². The van der Waals surface area contributed by atoms with Crippen LogP contribution in [0.3, 0.4) is 0 Å². The highest BCUT2D eigenvalue weighted by atomic mass is 32.2. The summed E-state index contributed by atoms with van der Waals surface area (Å²) in [5.74, 6) is 0.602. The van der Waals surface area contributed by atoms with Gasteiger partial charge in [-0.25, -0.2) is 8.42 Å². The molecular weight excluding hydrogens is 286 g/mol. The lowest BCUT2D eigenvalue weighted by atomic mass is 10.3. The summed E-state index contributed by atoms with van der Waals surface area (Å²) in [5, 5.41) is 3.49. The number of rotatable bonds is 6. The number of nitrogen functional groups attached to an aromatic ring is 1. The Kier molecular flexibility index (Phi) is 4.33.